The van der Waals surface area contributed by atoms with Crippen LogP contribution in [0.4, 0.5) is 30.2 Å². The van der Waals surface area contributed by atoms with Crippen LogP contribution in [0.3, 0.4) is 0 Å². The average molecular weight is 514 g/mol. The first kappa shape index (κ1) is 25.0. The highest BCUT2D eigenvalue weighted by Crippen LogP contribution is 2.34. The van der Waals surface area contributed by atoms with E-state index >= 15 is 0 Å². The Hall–Kier alpha value is -3.64. The Morgan fingerprint density at radius 2 is 1.71 bits per heavy atom. The van der Waals surface area contributed by atoms with Crippen LogP contribution in [0.15, 0.2) is 77.7 Å². The number of hydrogen-bond acceptors (Lipinski definition) is 5. The summed E-state index contributed by atoms with van der Waals surface area (Å²) in [5.74, 6) is -1.02. The minimum absolute atomic E-state index is 0.191. The van der Waals surface area contributed by atoms with E-state index in [1.807, 2.05) is 0 Å². The van der Waals surface area contributed by atoms with Crippen molar-refractivity contribution >= 4 is 44.6 Å². The number of nitrogens with one attached hydrogen (secondary N) is 1. The summed E-state index contributed by atoms with van der Waals surface area (Å²) in [6, 6.07) is 13.9. The lowest BCUT2D eigenvalue weighted by Crippen LogP contribution is -2.38. The molecule has 13 heteroatoms. The predicted octanol–water partition coefficient (Wildman–Crippen LogP) is 5.10. The van der Waals surface area contributed by atoms with Crippen molar-refractivity contribution in [3.8, 4) is 0 Å². The maximum Gasteiger partial charge on any atom is 0.416 e. The molecule has 0 saturated heterocycles. The molecule has 0 radical (unpaired) electrons. The van der Waals surface area contributed by atoms with Crippen molar-refractivity contribution < 1.29 is 31.3 Å². The van der Waals surface area contributed by atoms with Crippen molar-refractivity contribution in [2.45, 2.75) is 11.1 Å². The molecule has 0 aliphatic rings. The van der Waals surface area contributed by atoms with E-state index in [4.69, 9.17) is 11.6 Å². The lowest BCUT2D eigenvalue weighted by atomic mass is 10.2. The molecule has 0 fully saturated rings. The summed E-state index contributed by atoms with van der Waals surface area (Å²) < 4.78 is 66.2. The molecule has 0 aromatic heterocycles. The van der Waals surface area contributed by atoms with Gasteiger partial charge < -0.3 is 5.32 Å². The van der Waals surface area contributed by atoms with Crippen molar-refractivity contribution in [1.82, 2.24) is 0 Å². The number of benzene rings is 3. The van der Waals surface area contributed by atoms with Gasteiger partial charge in [0, 0.05) is 12.1 Å². The van der Waals surface area contributed by atoms with Crippen molar-refractivity contribution in [1.29, 1.82) is 0 Å². The second-order valence-electron chi connectivity index (χ2n) is 6.84. The van der Waals surface area contributed by atoms with Crippen LogP contribution in [0, 0.1) is 10.1 Å². The lowest BCUT2D eigenvalue weighted by molar-refractivity contribution is -0.384. The van der Waals surface area contributed by atoms with Crippen LogP contribution in [0.1, 0.15) is 5.56 Å². The van der Waals surface area contributed by atoms with E-state index < -0.39 is 44.8 Å². The van der Waals surface area contributed by atoms with E-state index in [0.717, 1.165) is 24.3 Å². The van der Waals surface area contributed by atoms with Gasteiger partial charge in [-0.05, 0) is 36.4 Å². The van der Waals surface area contributed by atoms with Crippen molar-refractivity contribution in [3.63, 3.8) is 0 Å². The van der Waals surface area contributed by atoms with Gasteiger partial charge in [-0.25, -0.2) is 8.42 Å². The fourth-order valence-corrected chi connectivity index (χ4v) is 4.51. The average Bonchev–Trinajstić information content (AvgIpc) is 2.78. The first-order valence-corrected chi connectivity index (χ1v) is 11.2. The van der Waals surface area contributed by atoms with E-state index in [-0.39, 0.29) is 21.3 Å². The number of non-ortho nitro benzene ring substituents is 1. The van der Waals surface area contributed by atoms with Crippen molar-refractivity contribution in [2.24, 2.45) is 0 Å². The van der Waals surface area contributed by atoms with Crippen molar-refractivity contribution in [2.75, 3.05) is 16.2 Å². The number of nitro groups is 1. The molecule has 8 nitrogen and oxygen atoms in total. The number of nitrogens with zero attached hydrogens (tertiary/aromatic N) is 2. The van der Waals surface area contributed by atoms with Crippen LogP contribution in [0.2, 0.25) is 5.02 Å². The molecule has 0 spiro atoms. The SMILES string of the molecule is O=C(CN(c1cccc([N+](=O)[O-])c1)S(=O)(=O)c1ccccc1)Nc1cc(C(F)(F)F)ccc1Cl. The molecule has 34 heavy (non-hydrogen) atoms. The quantitative estimate of drug-likeness (QED) is 0.349. The summed E-state index contributed by atoms with van der Waals surface area (Å²) in [7, 11) is -4.39. The predicted molar refractivity (Wildman–Crippen MR) is 119 cm³/mol. The molecular weight excluding hydrogens is 499 g/mol. The third kappa shape index (κ3) is 5.64. The highest BCUT2D eigenvalue weighted by molar-refractivity contribution is 7.92. The van der Waals surface area contributed by atoms with Gasteiger partial charge >= 0.3 is 6.18 Å². The summed E-state index contributed by atoms with van der Waals surface area (Å²) in [5, 5.41) is 13.1. The summed E-state index contributed by atoms with van der Waals surface area (Å²) >= 11 is 5.90. The number of carbonyl (C=O) groups excluding carboxylic acids is 1. The Morgan fingerprint density at radius 1 is 1.03 bits per heavy atom. The lowest BCUT2D eigenvalue weighted by Gasteiger charge is -2.24. The van der Waals surface area contributed by atoms with Gasteiger partial charge in [0.15, 0.2) is 0 Å². The molecule has 0 unspecified atom stereocenters. The van der Waals surface area contributed by atoms with E-state index in [1.165, 1.54) is 36.4 Å². The molecule has 1 amide bonds. The number of rotatable bonds is 7. The topological polar surface area (TPSA) is 110 Å². The smallest absolute Gasteiger partial charge is 0.323 e. The minimum atomic E-state index is -4.70. The van der Waals surface area contributed by atoms with Crippen molar-refractivity contribution in [3.05, 3.63) is 93.5 Å². The molecule has 3 rings (SSSR count). The fraction of sp³-hybridized carbons (Fsp3) is 0.0952. The number of halogens is 4. The first-order chi connectivity index (χ1) is 15.9. The van der Waals surface area contributed by atoms with Gasteiger partial charge in [-0.1, -0.05) is 35.9 Å². The number of sulfonamides is 1. The molecular formula is C21H15ClF3N3O5S. The molecule has 0 atom stereocenters. The van der Waals surface area contributed by atoms with Gasteiger partial charge in [0.05, 0.1) is 31.8 Å². The van der Waals surface area contributed by atoms with Gasteiger partial charge in [-0.2, -0.15) is 13.2 Å². The van der Waals surface area contributed by atoms with Crippen LogP contribution in [0.5, 0.6) is 0 Å². The summed E-state index contributed by atoms with van der Waals surface area (Å²) in [6.45, 7) is -0.898. The molecule has 3 aromatic carbocycles. The summed E-state index contributed by atoms with van der Waals surface area (Å²) in [5.41, 5.74) is -2.06. The van der Waals surface area contributed by atoms with Gasteiger partial charge in [0.1, 0.15) is 6.54 Å². The number of hydrogen-bond donors (Lipinski definition) is 1. The molecule has 0 aliphatic carbocycles. The second kappa shape index (κ2) is 9.69. The van der Waals surface area contributed by atoms with E-state index in [2.05, 4.69) is 5.32 Å². The molecule has 3 aromatic rings. The normalized spacial score (nSPS) is 11.6. The van der Waals surface area contributed by atoms with Crippen LogP contribution >= 0.6 is 11.6 Å². The zero-order valence-electron chi connectivity index (χ0n) is 17.0. The summed E-state index contributed by atoms with van der Waals surface area (Å²) in [4.78, 5) is 22.9. The molecule has 0 heterocycles. The van der Waals surface area contributed by atoms with Crippen LogP contribution in [0.25, 0.3) is 0 Å². The summed E-state index contributed by atoms with van der Waals surface area (Å²) in [6.07, 6.45) is -4.70. The van der Waals surface area contributed by atoms with Crippen LogP contribution in [-0.2, 0) is 21.0 Å². The Labute approximate surface area is 196 Å². The fourth-order valence-electron chi connectivity index (χ4n) is 2.91. The maximum absolute atomic E-state index is 13.3. The number of amides is 1. The number of carbonyl (C=O) groups is 1. The largest absolute Gasteiger partial charge is 0.416 e. The molecule has 178 valence electrons. The third-order valence-corrected chi connectivity index (χ3v) is 6.63. The van der Waals surface area contributed by atoms with E-state index in [1.54, 1.807) is 6.07 Å². The zero-order chi connectivity index (χ0) is 25.1. The Balaban J connectivity index is 1.99. The van der Waals surface area contributed by atoms with Gasteiger partial charge in [0.2, 0.25) is 5.91 Å². The molecule has 0 bridgehead atoms. The maximum atomic E-state index is 13.3. The zero-order valence-corrected chi connectivity index (χ0v) is 18.6. The standard InChI is InChI=1S/C21H15ClF3N3O5S/c22-18-10-9-14(21(23,24)25)11-19(18)26-20(29)13-27(15-5-4-6-16(12-15)28(30)31)34(32,33)17-7-2-1-3-8-17/h1-12H,13H2,(H,26,29). The van der Waals surface area contributed by atoms with Gasteiger partial charge in [-0.15, -0.1) is 0 Å². The van der Waals surface area contributed by atoms with Gasteiger partial charge in [0.25, 0.3) is 15.7 Å². The first-order valence-electron chi connectivity index (χ1n) is 9.38. The molecule has 0 saturated carbocycles. The number of alkyl halides is 3. The monoisotopic (exact) mass is 513 g/mol. The number of anilines is 2. The highest BCUT2D eigenvalue weighted by Gasteiger charge is 2.32. The molecule has 0 aliphatic heterocycles. The van der Waals surface area contributed by atoms with Gasteiger partial charge in [-0.3, -0.25) is 19.2 Å². The Morgan fingerprint density at radius 3 is 2.32 bits per heavy atom. The minimum Gasteiger partial charge on any atom is -0.323 e. The second-order valence-corrected chi connectivity index (χ2v) is 9.11. The highest BCUT2D eigenvalue weighted by atomic mass is 35.5. The van der Waals surface area contributed by atoms with E-state index in [9.17, 15) is 36.5 Å². The van der Waals surface area contributed by atoms with E-state index in [0.29, 0.717) is 10.4 Å². The Bertz CT molecular complexity index is 1330. The molecule has 1 N–H and O–H groups in total. The Kier molecular flexibility index (Phi) is 7.12. The van der Waals surface area contributed by atoms with Crippen LogP contribution in [-0.4, -0.2) is 25.8 Å². The third-order valence-electron chi connectivity index (χ3n) is 4.51. The van der Waals surface area contributed by atoms with Crippen LogP contribution < -0.4 is 9.62 Å². The number of nitro benzene ring substituents is 1.